The minimum Gasteiger partial charge on any atom is -0.382 e. The number of fused-ring (bicyclic) bond motifs is 1. The van der Waals surface area contributed by atoms with Crippen LogP contribution in [0.2, 0.25) is 0 Å². The standard InChI is InChI=1S/C13H21N5O/c1-10(2)3-7-19-8-5-15-12-13-16-4-6-18(13)9-11(14)17-12/h4,6,9-10H,3,5,7-8,14H2,1-2H3,(H,15,17). The minimum absolute atomic E-state index is 0.466. The highest BCUT2D eigenvalue weighted by molar-refractivity contribution is 5.64. The smallest absolute Gasteiger partial charge is 0.180 e. The van der Waals surface area contributed by atoms with Gasteiger partial charge in [-0.2, -0.15) is 0 Å². The topological polar surface area (TPSA) is 77.5 Å². The van der Waals surface area contributed by atoms with Gasteiger partial charge in [-0.15, -0.1) is 0 Å². The molecule has 2 heterocycles. The van der Waals surface area contributed by atoms with Gasteiger partial charge < -0.3 is 20.2 Å². The maximum Gasteiger partial charge on any atom is 0.180 e. The molecule has 6 heteroatoms. The van der Waals surface area contributed by atoms with Crippen molar-refractivity contribution in [1.29, 1.82) is 0 Å². The van der Waals surface area contributed by atoms with E-state index in [0.29, 0.717) is 30.7 Å². The lowest BCUT2D eigenvalue weighted by Gasteiger charge is -2.09. The molecule has 3 N–H and O–H groups in total. The van der Waals surface area contributed by atoms with E-state index in [1.165, 1.54) is 0 Å². The highest BCUT2D eigenvalue weighted by Crippen LogP contribution is 2.13. The quantitative estimate of drug-likeness (QED) is 0.745. The Kier molecular flexibility index (Phi) is 4.57. The highest BCUT2D eigenvalue weighted by Gasteiger charge is 2.05. The van der Waals surface area contributed by atoms with Gasteiger partial charge >= 0.3 is 0 Å². The van der Waals surface area contributed by atoms with Gasteiger partial charge in [-0.1, -0.05) is 13.8 Å². The molecule has 0 spiro atoms. The first-order chi connectivity index (χ1) is 9.16. The third-order valence-corrected chi connectivity index (χ3v) is 2.77. The third-order valence-electron chi connectivity index (χ3n) is 2.77. The van der Waals surface area contributed by atoms with E-state index >= 15 is 0 Å². The summed E-state index contributed by atoms with van der Waals surface area (Å²) in [4.78, 5) is 8.49. The Labute approximate surface area is 113 Å². The van der Waals surface area contributed by atoms with Crippen LogP contribution in [0.3, 0.4) is 0 Å². The number of nitrogens with two attached hydrogens (primary N) is 1. The number of rotatable bonds is 7. The summed E-state index contributed by atoms with van der Waals surface area (Å²) in [5, 5.41) is 3.20. The Hall–Kier alpha value is -1.82. The number of imidazole rings is 1. The molecular formula is C13H21N5O. The average Bonchev–Trinajstić information content (AvgIpc) is 2.80. The van der Waals surface area contributed by atoms with Crippen LogP contribution < -0.4 is 11.1 Å². The van der Waals surface area contributed by atoms with Gasteiger partial charge in [-0.25, -0.2) is 9.97 Å². The second kappa shape index (κ2) is 6.38. The third kappa shape index (κ3) is 3.82. The van der Waals surface area contributed by atoms with E-state index in [-0.39, 0.29) is 0 Å². The fraction of sp³-hybridized carbons (Fsp3) is 0.538. The molecule has 6 nitrogen and oxygen atoms in total. The summed E-state index contributed by atoms with van der Waals surface area (Å²) in [6.45, 7) is 6.51. The van der Waals surface area contributed by atoms with Crippen LogP contribution in [0.1, 0.15) is 20.3 Å². The van der Waals surface area contributed by atoms with Gasteiger partial charge in [0, 0.05) is 25.5 Å². The van der Waals surface area contributed by atoms with Gasteiger partial charge in [0.05, 0.1) is 12.8 Å². The molecule has 2 aromatic heterocycles. The fourth-order valence-electron chi connectivity index (χ4n) is 1.73. The zero-order chi connectivity index (χ0) is 13.7. The van der Waals surface area contributed by atoms with E-state index in [4.69, 9.17) is 10.5 Å². The van der Waals surface area contributed by atoms with Crippen molar-refractivity contribution in [3.63, 3.8) is 0 Å². The van der Waals surface area contributed by atoms with Gasteiger partial charge in [0.15, 0.2) is 11.5 Å². The van der Waals surface area contributed by atoms with Crippen molar-refractivity contribution in [2.24, 2.45) is 5.92 Å². The summed E-state index contributed by atoms with van der Waals surface area (Å²) in [6, 6.07) is 0. The fourth-order valence-corrected chi connectivity index (χ4v) is 1.73. The number of nitrogens with one attached hydrogen (secondary N) is 1. The van der Waals surface area contributed by atoms with Crippen LogP contribution in [-0.4, -0.2) is 34.1 Å². The SMILES string of the molecule is CC(C)CCOCCNc1nc(N)cn2ccnc12. The molecule has 0 amide bonds. The summed E-state index contributed by atoms with van der Waals surface area (Å²) in [7, 11) is 0. The van der Waals surface area contributed by atoms with Crippen molar-refractivity contribution >= 4 is 17.3 Å². The number of aromatic nitrogens is 3. The molecule has 0 bridgehead atoms. The van der Waals surface area contributed by atoms with Crippen molar-refractivity contribution in [2.45, 2.75) is 20.3 Å². The van der Waals surface area contributed by atoms with E-state index in [1.807, 2.05) is 10.6 Å². The van der Waals surface area contributed by atoms with Crippen LogP contribution in [0.15, 0.2) is 18.6 Å². The number of ether oxygens (including phenoxy) is 1. The Morgan fingerprint density at radius 3 is 3.05 bits per heavy atom. The molecule has 19 heavy (non-hydrogen) atoms. The van der Waals surface area contributed by atoms with Crippen LogP contribution in [-0.2, 0) is 4.74 Å². The molecule has 2 aromatic rings. The first kappa shape index (κ1) is 13.6. The Morgan fingerprint density at radius 2 is 2.26 bits per heavy atom. The molecule has 0 fully saturated rings. The zero-order valence-corrected chi connectivity index (χ0v) is 11.5. The number of nitrogens with zero attached hydrogens (tertiary/aromatic N) is 3. The molecule has 104 valence electrons. The van der Waals surface area contributed by atoms with E-state index in [2.05, 4.69) is 29.1 Å². The van der Waals surface area contributed by atoms with Crippen molar-refractivity contribution in [1.82, 2.24) is 14.4 Å². The highest BCUT2D eigenvalue weighted by atomic mass is 16.5. The van der Waals surface area contributed by atoms with E-state index < -0.39 is 0 Å². The summed E-state index contributed by atoms with van der Waals surface area (Å²) in [6.07, 6.45) is 6.39. The zero-order valence-electron chi connectivity index (χ0n) is 11.5. The molecular weight excluding hydrogens is 242 g/mol. The van der Waals surface area contributed by atoms with Crippen molar-refractivity contribution < 1.29 is 4.74 Å². The molecule has 0 saturated carbocycles. The second-order valence-corrected chi connectivity index (χ2v) is 4.89. The van der Waals surface area contributed by atoms with Crippen molar-refractivity contribution in [3.05, 3.63) is 18.6 Å². The first-order valence-electron chi connectivity index (χ1n) is 6.57. The second-order valence-electron chi connectivity index (χ2n) is 4.89. The largest absolute Gasteiger partial charge is 0.382 e. The predicted molar refractivity (Wildman–Crippen MR) is 76.2 cm³/mol. The molecule has 0 unspecified atom stereocenters. The van der Waals surface area contributed by atoms with Gasteiger partial charge in [0.1, 0.15) is 5.82 Å². The summed E-state index contributed by atoms with van der Waals surface area (Å²) in [5.41, 5.74) is 6.51. The van der Waals surface area contributed by atoms with Crippen LogP contribution in [0, 0.1) is 5.92 Å². The van der Waals surface area contributed by atoms with Crippen molar-refractivity contribution in [2.75, 3.05) is 30.8 Å². The van der Waals surface area contributed by atoms with Crippen molar-refractivity contribution in [3.8, 4) is 0 Å². The Balaban J connectivity index is 1.83. The molecule has 0 atom stereocenters. The number of nitrogen functional groups attached to an aromatic ring is 1. The van der Waals surface area contributed by atoms with E-state index in [1.54, 1.807) is 12.4 Å². The average molecular weight is 263 g/mol. The van der Waals surface area contributed by atoms with Crippen LogP contribution in [0.5, 0.6) is 0 Å². The summed E-state index contributed by atoms with van der Waals surface area (Å²) < 4.78 is 7.39. The number of hydrogen-bond donors (Lipinski definition) is 2. The Morgan fingerprint density at radius 1 is 1.42 bits per heavy atom. The lowest BCUT2D eigenvalue weighted by atomic mass is 10.1. The molecule has 0 aliphatic carbocycles. The van der Waals surface area contributed by atoms with Gasteiger partial charge in [0.25, 0.3) is 0 Å². The Bertz CT molecular complexity index is 523. The lowest BCUT2D eigenvalue weighted by molar-refractivity contribution is 0.132. The van der Waals surface area contributed by atoms with Gasteiger partial charge in [-0.05, 0) is 12.3 Å². The molecule has 2 rings (SSSR count). The molecule has 0 aliphatic rings. The minimum atomic E-state index is 0.466. The lowest BCUT2D eigenvalue weighted by Crippen LogP contribution is -2.13. The van der Waals surface area contributed by atoms with Crippen LogP contribution in [0.4, 0.5) is 11.6 Å². The van der Waals surface area contributed by atoms with Crippen LogP contribution >= 0.6 is 0 Å². The maximum absolute atomic E-state index is 5.74. The number of hydrogen-bond acceptors (Lipinski definition) is 5. The predicted octanol–water partition coefficient (Wildman–Crippen LogP) is 1.79. The molecule has 0 radical (unpaired) electrons. The number of anilines is 2. The van der Waals surface area contributed by atoms with Gasteiger partial charge in [-0.3, -0.25) is 0 Å². The van der Waals surface area contributed by atoms with E-state index in [0.717, 1.165) is 18.7 Å². The molecule has 0 saturated heterocycles. The molecule has 0 aliphatic heterocycles. The van der Waals surface area contributed by atoms with E-state index in [9.17, 15) is 0 Å². The monoisotopic (exact) mass is 263 g/mol. The van der Waals surface area contributed by atoms with Gasteiger partial charge in [0.2, 0.25) is 0 Å². The summed E-state index contributed by atoms with van der Waals surface area (Å²) in [5.74, 6) is 1.83. The summed E-state index contributed by atoms with van der Waals surface area (Å²) >= 11 is 0. The maximum atomic E-state index is 5.74. The molecule has 0 aromatic carbocycles. The first-order valence-corrected chi connectivity index (χ1v) is 6.57. The normalized spacial score (nSPS) is 11.3. The van der Waals surface area contributed by atoms with Crippen LogP contribution in [0.25, 0.3) is 5.65 Å².